The first kappa shape index (κ1) is 21.9. The highest BCUT2D eigenvalue weighted by Crippen LogP contribution is 2.28. The van der Waals surface area contributed by atoms with Crippen molar-refractivity contribution in [3.63, 3.8) is 0 Å². The van der Waals surface area contributed by atoms with E-state index in [0.717, 1.165) is 5.56 Å². The van der Waals surface area contributed by atoms with Crippen molar-refractivity contribution < 1.29 is 27.1 Å². The highest BCUT2D eigenvalue weighted by Gasteiger charge is 2.28. The molecule has 0 fully saturated rings. The molecule has 0 unspecified atom stereocenters. The molecule has 0 saturated heterocycles. The van der Waals surface area contributed by atoms with Gasteiger partial charge in [-0.2, -0.15) is 13.2 Å². The maximum absolute atomic E-state index is 13.0. The van der Waals surface area contributed by atoms with Crippen molar-refractivity contribution in [2.75, 3.05) is 11.4 Å². The Kier molecular flexibility index (Phi) is 5.90. The first-order chi connectivity index (χ1) is 15.2. The van der Waals surface area contributed by atoms with E-state index in [0.29, 0.717) is 41.3 Å². The van der Waals surface area contributed by atoms with Gasteiger partial charge in [0.05, 0.1) is 17.5 Å². The highest BCUT2D eigenvalue weighted by molar-refractivity contribution is 6.03. The molecule has 1 aliphatic heterocycles. The van der Waals surface area contributed by atoms with Crippen LogP contribution in [0.25, 0.3) is 11.0 Å². The molecule has 2 heterocycles. The van der Waals surface area contributed by atoms with Crippen LogP contribution in [0.1, 0.15) is 24.2 Å². The molecule has 1 aromatic heterocycles. The number of carbonyl (C=O) groups excluding carboxylic acids is 1. The van der Waals surface area contributed by atoms with E-state index in [2.05, 4.69) is 4.98 Å². The van der Waals surface area contributed by atoms with Crippen molar-refractivity contribution in [1.82, 2.24) is 9.55 Å². The average molecular weight is 447 g/mol. The molecule has 0 spiro atoms. The molecule has 0 atom stereocenters. The number of benzene rings is 2. The van der Waals surface area contributed by atoms with Gasteiger partial charge in [0.1, 0.15) is 24.0 Å². The number of amides is 1. The Hall–Kier alpha value is -3.36. The van der Waals surface area contributed by atoms with Crippen molar-refractivity contribution in [3.8, 4) is 0 Å². The van der Waals surface area contributed by atoms with E-state index in [-0.39, 0.29) is 24.8 Å². The second kappa shape index (κ2) is 8.64. The standard InChI is InChI=1S/C23H21F4N3O2/c1-29-20-12-17(6-7-19(20)28-21(29)8-10-23(25,26)27)30-11-9-18(13-22(30)31)32-14-15-2-4-16(24)5-3-15/h2-7,12-13H,8-11,14H2,1H3. The molecule has 4 rings (SSSR count). The lowest BCUT2D eigenvalue weighted by Gasteiger charge is -2.26. The van der Waals surface area contributed by atoms with Gasteiger partial charge >= 0.3 is 6.18 Å². The first-order valence-corrected chi connectivity index (χ1v) is 10.1. The van der Waals surface area contributed by atoms with Crippen LogP contribution in [0.2, 0.25) is 0 Å². The van der Waals surface area contributed by atoms with Gasteiger partial charge < -0.3 is 14.2 Å². The SMILES string of the molecule is Cn1c(CCC(F)(F)F)nc2ccc(N3CCC(OCc4ccc(F)cc4)=CC3=O)cc21. The van der Waals surface area contributed by atoms with Crippen molar-refractivity contribution in [3.05, 3.63) is 71.5 Å². The third-order valence-electron chi connectivity index (χ3n) is 5.37. The predicted molar refractivity (Wildman–Crippen MR) is 111 cm³/mol. The maximum atomic E-state index is 13.0. The number of anilines is 1. The number of nitrogens with zero attached hydrogens (tertiary/aromatic N) is 3. The number of imidazole rings is 1. The molecule has 168 valence electrons. The summed E-state index contributed by atoms with van der Waals surface area (Å²) in [6, 6.07) is 11.2. The van der Waals surface area contributed by atoms with Crippen LogP contribution in [0.3, 0.4) is 0 Å². The minimum atomic E-state index is -4.24. The molecular formula is C23H21F4N3O2. The van der Waals surface area contributed by atoms with Gasteiger partial charge in [-0.25, -0.2) is 9.37 Å². The number of ether oxygens (including phenoxy) is 1. The number of alkyl halides is 3. The molecule has 2 aromatic carbocycles. The summed E-state index contributed by atoms with van der Waals surface area (Å²) in [6.45, 7) is 0.638. The minimum Gasteiger partial charge on any atom is -0.493 e. The third kappa shape index (κ3) is 4.92. The Morgan fingerprint density at radius 1 is 1.12 bits per heavy atom. The van der Waals surface area contributed by atoms with E-state index >= 15 is 0 Å². The Morgan fingerprint density at radius 2 is 1.88 bits per heavy atom. The van der Waals surface area contributed by atoms with E-state index in [9.17, 15) is 22.4 Å². The lowest BCUT2D eigenvalue weighted by Crippen LogP contribution is -2.34. The van der Waals surface area contributed by atoms with Crippen LogP contribution in [-0.2, 0) is 29.6 Å². The number of aromatic nitrogens is 2. The van der Waals surface area contributed by atoms with Crippen molar-refractivity contribution in [1.29, 1.82) is 0 Å². The van der Waals surface area contributed by atoms with Crippen LogP contribution in [0, 0.1) is 5.82 Å². The number of aryl methyl sites for hydroxylation is 2. The number of fused-ring (bicyclic) bond motifs is 1. The average Bonchev–Trinajstić information content (AvgIpc) is 3.06. The lowest BCUT2D eigenvalue weighted by atomic mass is 10.1. The molecule has 0 bridgehead atoms. The molecule has 9 heteroatoms. The van der Waals surface area contributed by atoms with E-state index in [1.165, 1.54) is 18.2 Å². The summed E-state index contributed by atoms with van der Waals surface area (Å²) in [5, 5.41) is 0. The van der Waals surface area contributed by atoms with Crippen molar-refractivity contribution >= 4 is 22.6 Å². The summed E-state index contributed by atoms with van der Waals surface area (Å²) in [7, 11) is 1.67. The zero-order valence-electron chi connectivity index (χ0n) is 17.3. The Balaban J connectivity index is 1.46. The number of hydrogen-bond donors (Lipinski definition) is 0. The second-order valence-electron chi connectivity index (χ2n) is 7.64. The van der Waals surface area contributed by atoms with Crippen LogP contribution >= 0.6 is 0 Å². The van der Waals surface area contributed by atoms with Gasteiger partial charge in [-0.15, -0.1) is 0 Å². The van der Waals surface area contributed by atoms with E-state index in [1.54, 1.807) is 46.8 Å². The predicted octanol–water partition coefficient (Wildman–Crippen LogP) is 5.04. The van der Waals surface area contributed by atoms with Gasteiger partial charge in [-0.1, -0.05) is 12.1 Å². The van der Waals surface area contributed by atoms with Gasteiger partial charge in [-0.3, -0.25) is 4.79 Å². The first-order valence-electron chi connectivity index (χ1n) is 10.1. The smallest absolute Gasteiger partial charge is 0.389 e. The third-order valence-corrected chi connectivity index (χ3v) is 5.37. The summed E-state index contributed by atoms with van der Waals surface area (Å²) >= 11 is 0. The number of halogens is 4. The molecule has 0 saturated carbocycles. The Labute approximate surface area is 181 Å². The van der Waals surface area contributed by atoms with Crippen LogP contribution in [0.5, 0.6) is 0 Å². The van der Waals surface area contributed by atoms with Crippen molar-refractivity contribution in [2.24, 2.45) is 7.05 Å². The zero-order chi connectivity index (χ0) is 22.9. The Bertz CT molecular complexity index is 1170. The Morgan fingerprint density at radius 3 is 2.56 bits per heavy atom. The molecule has 0 aliphatic carbocycles. The fourth-order valence-electron chi connectivity index (χ4n) is 3.62. The van der Waals surface area contributed by atoms with Gasteiger partial charge in [0, 0.05) is 38.2 Å². The minimum absolute atomic E-state index is 0.204. The van der Waals surface area contributed by atoms with Crippen LogP contribution < -0.4 is 4.90 Å². The molecule has 0 radical (unpaired) electrons. The summed E-state index contributed by atoms with van der Waals surface area (Å²) in [5.41, 5.74) is 2.68. The van der Waals surface area contributed by atoms with E-state index < -0.39 is 12.6 Å². The zero-order valence-corrected chi connectivity index (χ0v) is 17.3. The molecule has 0 N–H and O–H groups in total. The lowest BCUT2D eigenvalue weighted by molar-refractivity contribution is -0.134. The fourth-order valence-corrected chi connectivity index (χ4v) is 3.62. The molecule has 3 aromatic rings. The van der Waals surface area contributed by atoms with Crippen molar-refractivity contribution in [2.45, 2.75) is 32.0 Å². The second-order valence-corrected chi connectivity index (χ2v) is 7.64. The largest absolute Gasteiger partial charge is 0.493 e. The van der Waals surface area contributed by atoms with E-state index in [1.807, 2.05) is 0 Å². The number of hydrogen-bond acceptors (Lipinski definition) is 3. The molecule has 32 heavy (non-hydrogen) atoms. The van der Waals surface area contributed by atoms with Gasteiger partial charge in [0.15, 0.2) is 0 Å². The van der Waals surface area contributed by atoms with Crippen LogP contribution in [0.4, 0.5) is 23.2 Å². The molecule has 1 aliphatic rings. The summed E-state index contributed by atoms with van der Waals surface area (Å²) in [4.78, 5) is 18.6. The fraction of sp³-hybridized carbons (Fsp3) is 0.304. The topological polar surface area (TPSA) is 47.4 Å². The van der Waals surface area contributed by atoms with Gasteiger partial charge in [0.2, 0.25) is 0 Å². The quantitative estimate of drug-likeness (QED) is 0.497. The van der Waals surface area contributed by atoms with Crippen LogP contribution in [0.15, 0.2) is 54.3 Å². The maximum Gasteiger partial charge on any atom is 0.389 e. The monoisotopic (exact) mass is 447 g/mol. The summed E-state index contributed by atoms with van der Waals surface area (Å²) in [5.74, 6) is 0.320. The highest BCUT2D eigenvalue weighted by atomic mass is 19.4. The van der Waals surface area contributed by atoms with E-state index in [4.69, 9.17) is 4.74 Å². The van der Waals surface area contributed by atoms with Gasteiger partial charge in [-0.05, 0) is 35.9 Å². The summed E-state index contributed by atoms with van der Waals surface area (Å²) < 4.78 is 58.0. The van der Waals surface area contributed by atoms with Gasteiger partial charge in [0.25, 0.3) is 5.91 Å². The number of rotatable bonds is 6. The molecule has 5 nitrogen and oxygen atoms in total. The molecule has 1 amide bonds. The summed E-state index contributed by atoms with van der Waals surface area (Å²) in [6.07, 6.45) is -3.45. The normalized spacial score (nSPS) is 14.7. The number of carbonyl (C=O) groups is 1. The van der Waals surface area contributed by atoms with Crippen LogP contribution in [-0.4, -0.2) is 28.2 Å². The molecular weight excluding hydrogens is 426 g/mol.